The molecule has 3 unspecified atom stereocenters. The van der Waals surface area contributed by atoms with Crippen molar-refractivity contribution < 1.29 is 19.1 Å². The molecular weight excluding hydrogens is 418 g/mol. The van der Waals surface area contributed by atoms with Gasteiger partial charge in [0.05, 0.1) is 0 Å². The fourth-order valence-corrected chi connectivity index (χ4v) is 3.53. The van der Waals surface area contributed by atoms with Crippen LogP contribution in [0.3, 0.4) is 0 Å². The van der Waals surface area contributed by atoms with Crippen LogP contribution in [0.25, 0.3) is 0 Å². The van der Waals surface area contributed by atoms with Crippen LogP contribution in [-0.2, 0) is 14.3 Å². The van der Waals surface area contributed by atoms with Crippen molar-refractivity contribution in [3.8, 4) is 0 Å². The van der Waals surface area contributed by atoms with E-state index in [9.17, 15) is 14.4 Å². The van der Waals surface area contributed by atoms with Crippen LogP contribution in [0.15, 0.2) is 30.3 Å². The zero-order valence-electron chi connectivity index (χ0n) is 22.0. The van der Waals surface area contributed by atoms with Gasteiger partial charge in [0.25, 0.3) is 0 Å². The molecular formula is C26H43N3O4. The summed E-state index contributed by atoms with van der Waals surface area (Å²) in [5.74, 6) is -0.755. The molecule has 0 radical (unpaired) electrons. The van der Waals surface area contributed by atoms with Crippen LogP contribution < -0.4 is 10.6 Å². The van der Waals surface area contributed by atoms with Crippen molar-refractivity contribution in [1.82, 2.24) is 15.5 Å². The van der Waals surface area contributed by atoms with E-state index in [4.69, 9.17) is 4.74 Å². The van der Waals surface area contributed by atoms with Crippen molar-refractivity contribution in [3.05, 3.63) is 35.9 Å². The van der Waals surface area contributed by atoms with E-state index in [-0.39, 0.29) is 23.8 Å². The minimum atomic E-state index is -0.854. The first-order chi connectivity index (χ1) is 15.1. The van der Waals surface area contributed by atoms with Crippen LogP contribution in [0.4, 0.5) is 4.79 Å². The summed E-state index contributed by atoms with van der Waals surface area (Å²) in [5, 5.41) is 5.74. The SMILES string of the molecule is CCC(C)C(NC(=O)OC(C)(C)C)C(=O)N(C(C(=O)NC(C)C)c1ccccc1)C(C)(C)C. The first kappa shape index (κ1) is 28.5. The molecule has 186 valence electrons. The van der Waals surface area contributed by atoms with Crippen molar-refractivity contribution in [1.29, 1.82) is 0 Å². The van der Waals surface area contributed by atoms with E-state index in [1.165, 1.54) is 0 Å². The quantitative estimate of drug-likeness (QED) is 0.581. The minimum absolute atomic E-state index is 0.0918. The zero-order chi connectivity index (χ0) is 25.6. The largest absolute Gasteiger partial charge is 0.444 e. The molecule has 7 nitrogen and oxygen atoms in total. The van der Waals surface area contributed by atoms with Gasteiger partial charge in [-0.15, -0.1) is 0 Å². The Bertz CT molecular complexity index is 794. The highest BCUT2D eigenvalue weighted by atomic mass is 16.6. The summed E-state index contributed by atoms with van der Waals surface area (Å²) in [4.78, 5) is 41.7. The van der Waals surface area contributed by atoms with E-state index >= 15 is 0 Å². The molecule has 7 heteroatoms. The van der Waals surface area contributed by atoms with Gasteiger partial charge in [0.1, 0.15) is 17.7 Å². The van der Waals surface area contributed by atoms with Crippen LogP contribution in [0.5, 0.6) is 0 Å². The monoisotopic (exact) mass is 461 g/mol. The number of nitrogens with one attached hydrogen (secondary N) is 2. The van der Waals surface area contributed by atoms with Crippen LogP contribution >= 0.6 is 0 Å². The molecule has 0 aliphatic carbocycles. The normalized spacial score (nSPS) is 14.8. The Morgan fingerprint density at radius 1 is 0.939 bits per heavy atom. The second-order valence-electron chi connectivity index (χ2n) is 10.9. The number of carbonyl (C=O) groups excluding carboxylic acids is 3. The predicted molar refractivity (Wildman–Crippen MR) is 132 cm³/mol. The third kappa shape index (κ3) is 8.71. The summed E-state index contributed by atoms with van der Waals surface area (Å²) in [6.45, 7) is 18.6. The van der Waals surface area contributed by atoms with Crippen molar-refractivity contribution in [3.63, 3.8) is 0 Å². The number of hydrogen-bond donors (Lipinski definition) is 2. The molecule has 0 spiro atoms. The van der Waals surface area contributed by atoms with E-state index < -0.39 is 29.3 Å². The van der Waals surface area contributed by atoms with E-state index in [0.717, 1.165) is 0 Å². The number of ether oxygens (including phenoxy) is 1. The number of nitrogens with zero attached hydrogens (tertiary/aromatic N) is 1. The molecule has 1 rings (SSSR count). The molecule has 33 heavy (non-hydrogen) atoms. The average Bonchev–Trinajstić information content (AvgIpc) is 2.66. The fourth-order valence-electron chi connectivity index (χ4n) is 3.53. The van der Waals surface area contributed by atoms with Crippen molar-refractivity contribution in [2.75, 3.05) is 0 Å². The molecule has 0 bridgehead atoms. The molecule has 0 heterocycles. The van der Waals surface area contributed by atoms with Gasteiger partial charge in [-0.3, -0.25) is 9.59 Å². The summed E-state index contributed by atoms with van der Waals surface area (Å²) in [6, 6.07) is 7.46. The maximum Gasteiger partial charge on any atom is 0.408 e. The maximum atomic E-state index is 14.1. The first-order valence-corrected chi connectivity index (χ1v) is 11.8. The van der Waals surface area contributed by atoms with Crippen molar-refractivity contribution in [2.45, 2.75) is 105 Å². The second-order valence-corrected chi connectivity index (χ2v) is 10.9. The fraction of sp³-hybridized carbons (Fsp3) is 0.654. The summed E-state index contributed by atoms with van der Waals surface area (Å²) in [7, 11) is 0. The van der Waals surface area contributed by atoms with Crippen LogP contribution in [0.2, 0.25) is 0 Å². The lowest BCUT2D eigenvalue weighted by atomic mass is 9.91. The van der Waals surface area contributed by atoms with Crippen LogP contribution in [0, 0.1) is 5.92 Å². The van der Waals surface area contributed by atoms with Gasteiger partial charge in [-0.25, -0.2) is 4.79 Å². The Morgan fingerprint density at radius 2 is 1.48 bits per heavy atom. The van der Waals surface area contributed by atoms with Gasteiger partial charge in [0.2, 0.25) is 11.8 Å². The summed E-state index contributed by atoms with van der Waals surface area (Å²) in [6.07, 6.45) is 0.0103. The minimum Gasteiger partial charge on any atom is -0.444 e. The number of amides is 3. The Labute approximate surface area is 199 Å². The number of carbonyl (C=O) groups is 3. The zero-order valence-corrected chi connectivity index (χ0v) is 22.0. The summed E-state index contributed by atoms with van der Waals surface area (Å²) < 4.78 is 5.42. The van der Waals surface area contributed by atoms with Crippen molar-refractivity contribution >= 4 is 17.9 Å². The maximum absolute atomic E-state index is 14.1. The van der Waals surface area contributed by atoms with Gasteiger partial charge in [-0.2, -0.15) is 0 Å². The molecule has 0 fully saturated rings. The summed E-state index contributed by atoms with van der Waals surface area (Å²) in [5.41, 5.74) is -0.688. The van der Waals surface area contributed by atoms with Gasteiger partial charge >= 0.3 is 6.09 Å². The molecule has 1 aromatic rings. The molecule has 0 saturated carbocycles. The molecule has 0 aromatic heterocycles. The number of rotatable bonds is 8. The van der Waals surface area contributed by atoms with Gasteiger partial charge in [0, 0.05) is 11.6 Å². The Balaban J connectivity index is 3.52. The highest BCUT2D eigenvalue weighted by Crippen LogP contribution is 2.31. The number of benzene rings is 1. The Kier molecular flexibility index (Phi) is 9.94. The van der Waals surface area contributed by atoms with E-state index in [1.54, 1.807) is 25.7 Å². The molecule has 3 amide bonds. The average molecular weight is 462 g/mol. The molecule has 1 aromatic carbocycles. The van der Waals surface area contributed by atoms with E-state index in [1.807, 2.05) is 78.8 Å². The van der Waals surface area contributed by atoms with Gasteiger partial charge in [0.15, 0.2) is 0 Å². The van der Waals surface area contributed by atoms with E-state index in [0.29, 0.717) is 12.0 Å². The summed E-state index contributed by atoms with van der Waals surface area (Å²) >= 11 is 0. The van der Waals surface area contributed by atoms with Gasteiger partial charge in [-0.05, 0) is 66.9 Å². The lowest BCUT2D eigenvalue weighted by molar-refractivity contribution is -0.149. The van der Waals surface area contributed by atoms with E-state index in [2.05, 4.69) is 10.6 Å². The molecule has 3 atom stereocenters. The highest BCUT2D eigenvalue weighted by molar-refractivity contribution is 5.92. The molecule has 0 saturated heterocycles. The Hall–Kier alpha value is -2.57. The smallest absolute Gasteiger partial charge is 0.408 e. The predicted octanol–water partition coefficient (Wildman–Crippen LogP) is 4.82. The number of alkyl carbamates (subject to hydrolysis) is 1. The number of hydrogen-bond acceptors (Lipinski definition) is 4. The van der Waals surface area contributed by atoms with Crippen LogP contribution in [0.1, 0.15) is 87.3 Å². The standard InChI is InChI=1S/C26H43N3O4/c1-11-18(4)20(28-24(32)33-26(8,9)10)23(31)29(25(5,6)7)21(22(30)27-17(2)3)19-15-13-12-14-16-19/h12-18,20-21H,11H2,1-10H3,(H,27,30)(H,28,32). The third-order valence-corrected chi connectivity index (χ3v) is 5.16. The molecule has 0 aliphatic rings. The van der Waals surface area contributed by atoms with Crippen molar-refractivity contribution in [2.24, 2.45) is 5.92 Å². The highest BCUT2D eigenvalue weighted by Gasteiger charge is 2.43. The van der Waals surface area contributed by atoms with Gasteiger partial charge in [-0.1, -0.05) is 50.6 Å². The first-order valence-electron chi connectivity index (χ1n) is 11.8. The topological polar surface area (TPSA) is 87.7 Å². The Morgan fingerprint density at radius 3 is 1.91 bits per heavy atom. The lowest BCUT2D eigenvalue weighted by Gasteiger charge is -2.44. The van der Waals surface area contributed by atoms with Gasteiger partial charge < -0.3 is 20.3 Å². The molecule has 0 aliphatic heterocycles. The third-order valence-electron chi connectivity index (χ3n) is 5.16. The lowest BCUT2D eigenvalue weighted by Crippen LogP contribution is -2.60. The molecule has 2 N–H and O–H groups in total. The van der Waals surface area contributed by atoms with Crippen LogP contribution in [-0.4, -0.2) is 46.0 Å². The second kappa shape index (κ2) is 11.5.